The maximum atomic E-state index is 12.5. The van der Waals surface area contributed by atoms with Crippen molar-refractivity contribution < 1.29 is 9.90 Å². The molecule has 0 radical (unpaired) electrons. The van der Waals surface area contributed by atoms with Gasteiger partial charge in [0.2, 0.25) is 5.91 Å². The Hall–Kier alpha value is -2.56. The zero-order valence-corrected chi connectivity index (χ0v) is 14.9. The number of benzene rings is 1. The highest BCUT2D eigenvalue weighted by molar-refractivity contribution is 5.77. The standard InChI is InChI=1S/C20H25N3O2/c1-15-4-3-5-16(2)18(15)7-9-20(25)23-12-10-22(11-13-23)19-8-6-17(24)14-21-19/h3-6,8,14,24H,7,9-13H2,1-2H3. The average molecular weight is 339 g/mol. The van der Waals surface area contributed by atoms with E-state index in [0.29, 0.717) is 19.5 Å². The molecule has 0 saturated carbocycles. The van der Waals surface area contributed by atoms with Crippen LogP contribution in [0.4, 0.5) is 5.82 Å². The normalized spacial score (nSPS) is 14.6. The van der Waals surface area contributed by atoms with Crippen molar-refractivity contribution in [1.29, 1.82) is 0 Å². The van der Waals surface area contributed by atoms with Gasteiger partial charge in [-0.15, -0.1) is 0 Å². The molecule has 1 N–H and O–H groups in total. The highest BCUT2D eigenvalue weighted by Gasteiger charge is 2.21. The molecular formula is C20H25N3O2. The number of aryl methyl sites for hydroxylation is 2. The van der Waals surface area contributed by atoms with Crippen molar-refractivity contribution in [2.24, 2.45) is 0 Å². The van der Waals surface area contributed by atoms with Crippen molar-refractivity contribution in [3.05, 3.63) is 53.2 Å². The molecule has 0 unspecified atom stereocenters. The minimum absolute atomic E-state index is 0.170. The second-order valence-electron chi connectivity index (χ2n) is 6.61. The number of hydrogen-bond donors (Lipinski definition) is 1. The van der Waals surface area contributed by atoms with E-state index in [-0.39, 0.29) is 11.7 Å². The fraction of sp³-hybridized carbons (Fsp3) is 0.400. The van der Waals surface area contributed by atoms with Gasteiger partial charge in [0, 0.05) is 32.6 Å². The fourth-order valence-electron chi connectivity index (χ4n) is 3.38. The van der Waals surface area contributed by atoms with E-state index in [1.54, 1.807) is 6.07 Å². The van der Waals surface area contributed by atoms with Gasteiger partial charge in [0.1, 0.15) is 11.6 Å². The van der Waals surface area contributed by atoms with E-state index in [2.05, 4.69) is 41.9 Å². The van der Waals surface area contributed by atoms with Crippen LogP contribution in [-0.4, -0.2) is 47.1 Å². The molecule has 0 aliphatic carbocycles. The van der Waals surface area contributed by atoms with Crippen molar-refractivity contribution in [3.8, 4) is 5.75 Å². The van der Waals surface area contributed by atoms with Crippen LogP contribution in [-0.2, 0) is 11.2 Å². The largest absolute Gasteiger partial charge is 0.506 e. The number of carbonyl (C=O) groups is 1. The molecule has 25 heavy (non-hydrogen) atoms. The Labute approximate surface area is 148 Å². The molecule has 1 aromatic heterocycles. The first-order chi connectivity index (χ1) is 12.0. The molecule has 1 saturated heterocycles. The number of aromatic hydroxyl groups is 1. The predicted octanol–water partition coefficient (Wildman–Crippen LogP) is 2.69. The Kier molecular flexibility index (Phi) is 5.22. The zero-order valence-electron chi connectivity index (χ0n) is 14.9. The van der Waals surface area contributed by atoms with Crippen molar-refractivity contribution >= 4 is 11.7 Å². The summed E-state index contributed by atoms with van der Waals surface area (Å²) in [6.07, 6.45) is 2.82. The molecule has 5 heteroatoms. The number of nitrogens with zero attached hydrogens (tertiary/aromatic N) is 3. The molecule has 2 aromatic rings. The summed E-state index contributed by atoms with van der Waals surface area (Å²) in [6, 6.07) is 9.73. The molecule has 0 atom stereocenters. The van der Waals surface area contributed by atoms with Crippen LogP contribution in [0.5, 0.6) is 5.75 Å². The van der Waals surface area contributed by atoms with Gasteiger partial charge in [0.15, 0.2) is 0 Å². The minimum atomic E-state index is 0.170. The molecule has 5 nitrogen and oxygen atoms in total. The predicted molar refractivity (Wildman–Crippen MR) is 98.9 cm³/mol. The molecule has 1 fully saturated rings. The van der Waals surface area contributed by atoms with Crippen molar-refractivity contribution in [1.82, 2.24) is 9.88 Å². The molecule has 1 aliphatic rings. The van der Waals surface area contributed by atoms with E-state index in [4.69, 9.17) is 0 Å². The Morgan fingerprint density at radius 2 is 1.76 bits per heavy atom. The number of carbonyl (C=O) groups excluding carboxylic acids is 1. The monoisotopic (exact) mass is 339 g/mol. The highest BCUT2D eigenvalue weighted by Crippen LogP contribution is 2.18. The molecule has 0 spiro atoms. The summed E-state index contributed by atoms with van der Waals surface area (Å²) in [7, 11) is 0. The van der Waals surface area contributed by atoms with Gasteiger partial charge in [0.05, 0.1) is 6.20 Å². The van der Waals surface area contributed by atoms with Crippen molar-refractivity contribution in [3.63, 3.8) is 0 Å². The quantitative estimate of drug-likeness (QED) is 0.930. The summed E-state index contributed by atoms with van der Waals surface area (Å²) in [5, 5.41) is 9.33. The van der Waals surface area contributed by atoms with Gasteiger partial charge in [-0.3, -0.25) is 4.79 Å². The Bertz CT molecular complexity index is 715. The smallest absolute Gasteiger partial charge is 0.223 e. The van der Waals surface area contributed by atoms with Gasteiger partial charge >= 0.3 is 0 Å². The fourth-order valence-corrected chi connectivity index (χ4v) is 3.38. The molecule has 1 aliphatic heterocycles. The van der Waals surface area contributed by atoms with Crippen molar-refractivity contribution in [2.45, 2.75) is 26.7 Å². The van der Waals surface area contributed by atoms with E-state index in [1.165, 1.54) is 22.9 Å². The number of anilines is 1. The summed E-state index contributed by atoms with van der Waals surface area (Å²) in [5.41, 5.74) is 3.81. The molecular weight excluding hydrogens is 314 g/mol. The maximum Gasteiger partial charge on any atom is 0.223 e. The summed E-state index contributed by atoms with van der Waals surface area (Å²) < 4.78 is 0. The van der Waals surface area contributed by atoms with E-state index >= 15 is 0 Å². The van der Waals surface area contributed by atoms with Crippen LogP contribution in [0.15, 0.2) is 36.5 Å². The summed E-state index contributed by atoms with van der Waals surface area (Å²) >= 11 is 0. The van der Waals surface area contributed by atoms with E-state index in [0.717, 1.165) is 25.3 Å². The summed E-state index contributed by atoms with van der Waals surface area (Å²) in [5.74, 6) is 1.24. The van der Waals surface area contributed by atoms with Gasteiger partial charge in [-0.05, 0) is 49.1 Å². The topological polar surface area (TPSA) is 56.7 Å². The van der Waals surface area contributed by atoms with Crippen LogP contribution in [0.2, 0.25) is 0 Å². The molecule has 1 amide bonds. The van der Waals surface area contributed by atoms with Crippen LogP contribution >= 0.6 is 0 Å². The number of amides is 1. The number of hydrogen-bond acceptors (Lipinski definition) is 4. The first-order valence-corrected chi connectivity index (χ1v) is 8.77. The number of aromatic nitrogens is 1. The van der Waals surface area contributed by atoms with Crippen LogP contribution < -0.4 is 4.90 Å². The van der Waals surface area contributed by atoms with Gasteiger partial charge in [-0.2, -0.15) is 0 Å². The Balaban J connectivity index is 1.52. The van der Waals surface area contributed by atoms with Crippen LogP contribution in [0, 0.1) is 13.8 Å². The average Bonchev–Trinajstić information content (AvgIpc) is 2.62. The first-order valence-electron chi connectivity index (χ1n) is 8.77. The summed E-state index contributed by atoms with van der Waals surface area (Å²) in [4.78, 5) is 20.9. The lowest BCUT2D eigenvalue weighted by Gasteiger charge is -2.35. The lowest BCUT2D eigenvalue weighted by atomic mass is 9.98. The molecule has 3 rings (SSSR count). The number of piperazine rings is 1. The van der Waals surface area contributed by atoms with Gasteiger partial charge in [-0.1, -0.05) is 18.2 Å². The Morgan fingerprint density at radius 1 is 1.08 bits per heavy atom. The van der Waals surface area contributed by atoms with Crippen LogP contribution in [0.25, 0.3) is 0 Å². The van der Waals surface area contributed by atoms with E-state index in [1.807, 2.05) is 11.0 Å². The third-order valence-corrected chi connectivity index (χ3v) is 4.92. The maximum absolute atomic E-state index is 12.5. The zero-order chi connectivity index (χ0) is 17.8. The summed E-state index contributed by atoms with van der Waals surface area (Å²) in [6.45, 7) is 7.19. The van der Waals surface area contributed by atoms with Gasteiger partial charge in [-0.25, -0.2) is 4.98 Å². The third kappa shape index (κ3) is 4.10. The van der Waals surface area contributed by atoms with Crippen LogP contribution in [0.1, 0.15) is 23.1 Å². The number of rotatable bonds is 4. The van der Waals surface area contributed by atoms with Gasteiger partial charge in [0.25, 0.3) is 0 Å². The lowest BCUT2D eigenvalue weighted by Crippen LogP contribution is -2.49. The van der Waals surface area contributed by atoms with Gasteiger partial charge < -0.3 is 14.9 Å². The third-order valence-electron chi connectivity index (χ3n) is 4.92. The molecule has 132 valence electrons. The number of pyridine rings is 1. The van der Waals surface area contributed by atoms with E-state index in [9.17, 15) is 9.90 Å². The first kappa shape index (κ1) is 17.3. The molecule has 2 heterocycles. The Morgan fingerprint density at radius 3 is 2.36 bits per heavy atom. The highest BCUT2D eigenvalue weighted by atomic mass is 16.3. The van der Waals surface area contributed by atoms with Crippen molar-refractivity contribution in [2.75, 3.05) is 31.1 Å². The second-order valence-corrected chi connectivity index (χ2v) is 6.61. The SMILES string of the molecule is Cc1cccc(C)c1CCC(=O)N1CCN(c2ccc(O)cn2)CC1. The second kappa shape index (κ2) is 7.55. The minimum Gasteiger partial charge on any atom is -0.506 e. The molecule has 1 aromatic carbocycles. The molecule has 0 bridgehead atoms. The lowest BCUT2D eigenvalue weighted by molar-refractivity contribution is -0.131. The van der Waals surface area contributed by atoms with Crippen LogP contribution in [0.3, 0.4) is 0 Å². The van der Waals surface area contributed by atoms with E-state index < -0.39 is 0 Å².